The molecule has 0 unspecified atom stereocenters. The van der Waals surface area contributed by atoms with Crippen molar-refractivity contribution < 1.29 is 4.79 Å². The number of H-pyrrole nitrogens is 1. The lowest BCUT2D eigenvalue weighted by molar-refractivity contribution is 0.0951. The van der Waals surface area contributed by atoms with E-state index in [0.717, 1.165) is 17.5 Å². The maximum atomic E-state index is 12.4. The molecule has 0 saturated carbocycles. The van der Waals surface area contributed by atoms with Gasteiger partial charge < -0.3 is 10.3 Å². The van der Waals surface area contributed by atoms with Crippen LogP contribution in [0.5, 0.6) is 0 Å². The molecule has 124 valence electrons. The average Bonchev–Trinajstić information content (AvgIpc) is 3.13. The summed E-state index contributed by atoms with van der Waals surface area (Å²) in [6, 6.07) is 7.50. The lowest BCUT2D eigenvalue weighted by Gasteiger charge is -2.08. The molecule has 0 radical (unpaired) electrons. The van der Waals surface area contributed by atoms with Gasteiger partial charge in [-0.2, -0.15) is 0 Å². The fourth-order valence-electron chi connectivity index (χ4n) is 3.27. The zero-order valence-corrected chi connectivity index (χ0v) is 14.3. The molecule has 2 aromatic heterocycles. The molecule has 2 N–H and O–H groups in total. The quantitative estimate of drug-likeness (QED) is 0.769. The van der Waals surface area contributed by atoms with Crippen molar-refractivity contribution in [2.24, 2.45) is 7.05 Å². The van der Waals surface area contributed by atoms with Gasteiger partial charge in [-0.25, -0.2) is 4.79 Å². The largest absolute Gasteiger partial charge is 0.347 e. The van der Waals surface area contributed by atoms with Crippen molar-refractivity contribution in [3.63, 3.8) is 0 Å². The molecular formula is C18H19N3O2S. The Labute approximate surface area is 143 Å². The Bertz CT molecular complexity index is 956. The smallest absolute Gasteiger partial charge is 0.326 e. The number of rotatable bonds is 3. The van der Waals surface area contributed by atoms with Gasteiger partial charge in [-0.3, -0.25) is 9.36 Å². The normalized spacial score (nSPS) is 13.9. The predicted molar refractivity (Wildman–Crippen MR) is 95.7 cm³/mol. The Morgan fingerprint density at radius 2 is 2.12 bits per heavy atom. The van der Waals surface area contributed by atoms with E-state index in [-0.39, 0.29) is 11.6 Å². The van der Waals surface area contributed by atoms with Crippen LogP contribution in [0.25, 0.3) is 11.0 Å². The van der Waals surface area contributed by atoms with Gasteiger partial charge >= 0.3 is 5.69 Å². The van der Waals surface area contributed by atoms with Gasteiger partial charge in [0.1, 0.15) is 0 Å². The van der Waals surface area contributed by atoms with Gasteiger partial charge in [0.25, 0.3) is 5.91 Å². The Morgan fingerprint density at radius 3 is 2.96 bits per heavy atom. The summed E-state index contributed by atoms with van der Waals surface area (Å²) in [7, 11) is 1.69. The number of thiophene rings is 1. The zero-order chi connectivity index (χ0) is 16.7. The minimum absolute atomic E-state index is 0.114. The standard InChI is InChI=1S/C18H19N3O2S/c1-21-15-9-12(6-7-14(15)20-18(21)23)17(22)19-10-13-8-11-4-2-3-5-16(11)24-13/h6-9H,2-5,10H2,1H3,(H,19,22)(H,20,23). The van der Waals surface area contributed by atoms with E-state index in [1.54, 1.807) is 25.2 Å². The van der Waals surface area contributed by atoms with Crippen molar-refractivity contribution in [3.05, 3.63) is 55.6 Å². The number of fused-ring (bicyclic) bond motifs is 2. The predicted octanol–water partition coefficient (Wildman–Crippen LogP) is 2.74. The van der Waals surface area contributed by atoms with E-state index in [1.807, 2.05) is 11.3 Å². The van der Waals surface area contributed by atoms with Crippen molar-refractivity contribution >= 4 is 28.3 Å². The molecule has 1 amide bonds. The summed E-state index contributed by atoms with van der Waals surface area (Å²) in [5.74, 6) is -0.114. The number of hydrogen-bond acceptors (Lipinski definition) is 3. The van der Waals surface area contributed by atoms with E-state index in [2.05, 4.69) is 16.4 Å². The van der Waals surface area contributed by atoms with Crippen LogP contribution in [0.15, 0.2) is 29.1 Å². The number of carbonyl (C=O) groups excluding carboxylic acids is 1. The number of carbonyl (C=O) groups is 1. The van der Waals surface area contributed by atoms with E-state index in [9.17, 15) is 9.59 Å². The molecule has 3 aromatic rings. The number of aryl methyl sites for hydroxylation is 3. The number of aromatic amines is 1. The summed E-state index contributed by atoms with van der Waals surface area (Å²) >= 11 is 1.82. The van der Waals surface area contributed by atoms with Gasteiger partial charge in [0.15, 0.2) is 0 Å². The molecule has 24 heavy (non-hydrogen) atoms. The van der Waals surface area contributed by atoms with Crippen molar-refractivity contribution in [1.29, 1.82) is 0 Å². The molecule has 0 fully saturated rings. The van der Waals surface area contributed by atoms with Crippen LogP contribution in [0.4, 0.5) is 0 Å². The van der Waals surface area contributed by atoms with Crippen molar-refractivity contribution in [3.8, 4) is 0 Å². The van der Waals surface area contributed by atoms with Crippen LogP contribution in [-0.2, 0) is 26.4 Å². The molecule has 0 spiro atoms. The van der Waals surface area contributed by atoms with Crippen molar-refractivity contribution in [1.82, 2.24) is 14.9 Å². The zero-order valence-electron chi connectivity index (χ0n) is 13.5. The highest BCUT2D eigenvalue weighted by Crippen LogP contribution is 2.29. The van der Waals surface area contributed by atoms with E-state index in [4.69, 9.17) is 0 Å². The molecule has 4 rings (SSSR count). The van der Waals surface area contributed by atoms with Gasteiger partial charge in [0.05, 0.1) is 17.6 Å². The van der Waals surface area contributed by atoms with Gasteiger partial charge in [0, 0.05) is 22.4 Å². The Morgan fingerprint density at radius 1 is 1.29 bits per heavy atom. The highest BCUT2D eigenvalue weighted by atomic mass is 32.1. The topological polar surface area (TPSA) is 66.9 Å². The van der Waals surface area contributed by atoms with Gasteiger partial charge in [-0.1, -0.05) is 0 Å². The van der Waals surface area contributed by atoms with Crippen LogP contribution in [0.2, 0.25) is 0 Å². The van der Waals surface area contributed by atoms with E-state index < -0.39 is 0 Å². The number of hydrogen-bond donors (Lipinski definition) is 2. The number of amides is 1. The van der Waals surface area contributed by atoms with Crippen LogP contribution < -0.4 is 11.0 Å². The molecule has 1 aliphatic rings. The molecule has 1 aromatic carbocycles. The number of imidazole rings is 1. The molecule has 2 heterocycles. The van der Waals surface area contributed by atoms with Crippen LogP contribution in [0.3, 0.4) is 0 Å². The number of benzene rings is 1. The van der Waals surface area contributed by atoms with Gasteiger partial charge in [-0.15, -0.1) is 11.3 Å². The van der Waals surface area contributed by atoms with Gasteiger partial charge in [-0.05, 0) is 55.5 Å². The summed E-state index contributed by atoms with van der Waals surface area (Å²) in [5.41, 5.74) is 3.33. The second-order valence-electron chi connectivity index (χ2n) is 6.27. The van der Waals surface area contributed by atoms with E-state index in [1.165, 1.54) is 39.1 Å². The fraction of sp³-hybridized carbons (Fsp3) is 0.333. The lowest BCUT2D eigenvalue weighted by Crippen LogP contribution is -2.22. The summed E-state index contributed by atoms with van der Waals surface area (Å²) in [6.45, 7) is 0.556. The third kappa shape index (κ3) is 2.67. The molecule has 0 bridgehead atoms. The molecule has 5 nitrogen and oxygen atoms in total. The minimum atomic E-state index is -0.174. The summed E-state index contributed by atoms with van der Waals surface area (Å²) in [6.07, 6.45) is 4.88. The number of nitrogens with one attached hydrogen (secondary N) is 2. The van der Waals surface area contributed by atoms with E-state index >= 15 is 0 Å². The second-order valence-corrected chi connectivity index (χ2v) is 7.49. The van der Waals surface area contributed by atoms with Crippen LogP contribution in [0.1, 0.15) is 38.5 Å². The Hall–Kier alpha value is -2.34. The van der Waals surface area contributed by atoms with E-state index in [0.29, 0.717) is 12.1 Å². The molecule has 1 aliphatic carbocycles. The third-order valence-electron chi connectivity index (χ3n) is 4.64. The summed E-state index contributed by atoms with van der Waals surface area (Å²) < 4.78 is 1.51. The van der Waals surface area contributed by atoms with Crippen molar-refractivity contribution in [2.75, 3.05) is 0 Å². The highest BCUT2D eigenvalue weighted by molar-refractivity contribution is 7.12. The Kier molecular flexibility index (Phi) is 3.76. The van der Waals surface area contributed by atoms with Crippen molar-refractivity contribution in [2.45, 2.75) is 32.2 Å². The molecule has 6 heteroatoms. The minimum Gasteiger partial charge on any atom is -0.347 e. The molecule has 0 aliphatic heterocycles. The van der Waals surface area contributed by atoms with Gasteiger partial charge in [0.2, 0.25) is 0 Å². The maximum absolute atomic E-state index is 12.4. The molecular weight excluding hydrogens is 322 g/mol. The first-order valence-electron chi connectivity index (χ1n) is 8.19. The van der Waals surface area contributed by atoms with Crippen LogP contribution in [-0.4, -0.2) is 15.5 Å². The highest BCUT2D eigenvalue weighted by Gasteiger charge is 2.14. The number of aromatic nitrogens is 2. The fourth-order valence-corrected chi connectivity index (χ4v) is 4.47. The van der Waals surface area contributed by atoms with Crippen LogP contribution in [0, 0.1) is 0 Å². The third-order valence-corrected chi connectivity index (χ3v) is 5.88. The lowest BCUT2D eigenvalue weighted by atomic mass is 9.99. The first-order chi connectivity index (χ1) is 11.6. The molecule has 0 saturated heterocycles. The Balaban J connectivity index is 1.50. The second kappa shape index (κ2) is 5.94. The van der Waals surface area contributed by atoms with Crippen LogP contribution >= 0.6 is 11.3 Å². The SMILES string of the molecule is Cn1c(=O)[nH]c2ccc(C(=O)NCc3cc4c(s3)CCCC4)cc21. The molecule has 0 atom stereocenters. The first kappa shape index (κ1) is 15.2. The summed E-state index contributed by atoms with van der Waals surface area (Å²) in [5, 5.41) is 2.99. The first-order valence-corrected chi connectivity index (χ1v) is 9.01. The average molecular weight is 341 g/mol. The number of nitrogens with zero attached hydrogens (tertiary/aromatic N) is 1. The maximum Gasteiger partial charge on any atom is 0.326 e. The summed E-state index contributed by atoms with van der Waals surface area (Å²) in [4.78, 5) is 29.5. The monoisotopic (exact) mass is 341 g/mol.